The number of likely N-dealkylation sites (tertiary alicyclic amines) is 1. The number of nitrogens with zero attached hydrogens (tertiary/aromatic N) is 1. The summed E-state index contributed by atoms with van der Waals surface area (Å²) in [5.74, 6) is -0.746. The molecule has 25 heavy (non-hydrogen) atoms. The van der Waals surface area contributed by atoms with Crippen molar-refractivity contribution in [3.63, 3.8) is 0 Å². The number of ether oxygens (including phenoxy) is 1. The molecule has 2 saturated heterocycles. The summed E-state index contributed by atoms with van der Waals surface area (Å²) in [5.41, 5.74) is -1.37. The molecule has 0 atom stereocenters. The van der Waals surface area contributed by atoms with Crippen molar-refractivity contribution in [2.75, 3.05) is 37.7 Å². The van der Waals surface area contributed by atoms with Gasteiger partial charge in [0.1, 0.15) is 18.2 Å². The maximum atomic E-state index is 13.5. The Morgan fingerprint density at radius 1 is 1.16 bits per heavy atom. The highest BCUT2D eigenvalue weighted by Crippen LogP contribution is 2.42. The van der Waals surface area contributed by atoms with Gasteiger partial charge in [-0.25, -0.2) is 12.8 Å². The maximum absolute atomic E-state index is 13.5. The van der Waals surface area contributed by atoms with Crippen LogP contribution in [0.2, 0.25) is 0 Å². The quantitative estimate of drug-likeness (QED) is 0.753. The Balaban J connectivity index is 1.44. The Bertz CT molecular complexity index is 726. The summed E-state index contributed by atoms with van der Waals surface area (Å²) in [6.45, 7) is 2.32. The second-order valence-electron chi connectivity index (χ2n) is 6.86. The van der Waals surface area contributed by atoms with E-state index in [2.05, 4.69) is 4.90 Å². The molecule has 0 saturated carbocycles. The van der Waals surface area contributed by atoms with Gasteiger partial charge in [-0.3, -0.25) is 4.90 Å². The highest BCUT2D eigenvalue weighted by molar-refractivity contribution is 7.92. The van der Waals surface area contributed by atoms with Crippen molar-refractivity contribution < 1.29 is 30.7 Å². The summed E-state index contributed by atoms with van der Waals surface area (Å²) < 4.78 is 79.0. The van der Waals surface area contributed by atoms with Gasteiger partial charge in [0.25, 0.3) is 0 Å². The zero-order valence-corrected chi connectivity index (χ0v) is 14.3. The van der Waals surface area contributed by atoms with Crippen molar-refractivity contribution in [2.24, 2.45) is 5.41 Å². The van der Waals surface area contributed by atoms with Gasteiger partial charge in [-0.2, -0.15) is 13.2 Å². The summed E-state index contributed by atoms with van der Waals surface area (Å²) >= 11 is 0. The van der Waals surface area contributed by atoms with Gasteiger partial charge >= 0.3 is 6.18 Å². The number of rotatable bonds is 4. The van der Waals surface area contributed by atoms with E-state index in [1.807, 2.05) is 0 Å². The molecule has 2 fully saturated rings. The molecule has 140 valence electrons. The van der Waals surface area contributed by atoms with Gasteiger partial charge in [0.15, 0.2) is 9.84 Å². The van der Waals surface area contributed by atoms with Crippen LogP contribution in [0.3, 0.4) is 0 Å². The van der Waals surface area contributed by atoms with Crippen LogP contribution in [0.25, 0.3) is 0 Å². The minimum absolute atomic E-state index is 0.0593. The molecule has 1 aromatic rings. The summed E-state index contributed by atoms with van der Waals surface area (Å²) in [6, 6.07) is 2.52. The first-order chi connectivity index (χ1) is 11.6. The molecule has 0 amide bonds. The van der Waals surface area contributed by atoms with E-state index in [1.165, 1.54) is 0 Å². The second kappa shape index (κ2) is 6.42. The van der Waals surface area contributed by atoms with Gasteiger partial charge in [-0.15, -0.1) is 0 Å². The van der Waals surface area contributed by atoms with Crippen LogP contribution in [0.15, 0.2) is 18.2 Å². The van der Waals surface area contributed by atoms with Crippen molar-refractivity contribution in [3.05, 3.63) is 29.6 Å². The van der Waals surface area contributed by atoms with Gasteiger partial charge in [-0.1, -0.05) is 0 Å². The number of piperidine rings is 1. The molecule has 0 radical (unpaired) electrons. The molecule has 9 heteroatoms. The van der Waals surface area contributed by atoms with Crippen LogP contribution in [-0.2, 0) is 16.0 Å². The Hall–Kier alpha value is -1.35. The lowest BCUT2D eigenvalue weighted by atomic mass is 9.81. The molecule has 0 N–H and O–H groups in total. The molecule has 2 heterocycles. The predicted octanol–water partition coefficient (Wildman–Crippen LogP) is 2.73. The molecule has 2 aliphatic heterocycles. The standard InChI is InChI=1S/C16H19F4NO3S/c17-14-9-12(1-2-13(14)16(18,19)20)24-8-7-21-5-3-15(4-6-21)10-25(22,23)11-15/h1-2,9H,3-8,10-11H2. The fourth-order valence-electron chi connectivity index (χ4n) is 3.54. The topological polar surface area (TPSA) is 46.6 Å². The van der Waals surface area contributed by atoms with Crippen LogP contribution in [0.4, 0.5) is 17.6 Å². The van der Waals surface area contributed by atoms with Gasteiger partial charge in [0.2, 0.25) is 0 Å². The van der Waals surface area contributed by atoms with Crippen LogP contribution >= 0.6 is 0 Å². The van der Waals surface area contributed by atoms with Crippen LogP contribution in [0.1, 0.15) is 18.4 Å². The van der Waals surface area contributed by atoms with Crippen molar-refractivity contribution >= 4 is 9.84 Å². The average Bonchev–Trinajstić information content (AvgIpc) is 2.46. The fourth-order valence-corrected chi connectivity index (χ4v) is 5.90. The molecule has 0 unspecified atom stereocenters. The Morgan fingerprint density at radius 3 is 2.32 bits per heavy atom. The lowest BCUT2D eigenvalue weighted by Crippen LogP contribution is -2.54. The van der Waals surface area contributed by atoms with Crippen molar-refractivity contribution in [2.45, 2.75) is 19.0 Å². The van der Waals surface area contributed by atoms with Crippen molar-refractivity contribution in [3.8, 4) is 5.75 Å². The van der Waals surface area contributed by atoms with E-state index < -0.39 is 27.4 Å². The lowest BCUT2D eigenvalue weighted by molar-refractivity contribution is -0.140. The molecule has 4 nitrogen and oxygen atoms in total. The lowest BCUT2D eigenvalue weighted by Gasteiger charge is -2.47. The van der Waals surface area contributed by atoms with Crippen molar-refractivity contribution in [1.82, 2.24) is 4.90 Å². The molecule has 0 aromatic heterocycles. The average molecular weight is 381 g/mol. The highest BCUT2D eigenvalue weighted by atomic mass is 32.2. The fraction of sp³-hybridized carbons (Fsp3) is 0.625. The van der Waals surface area contributed by atoms with Crippen molar-refractivity contribution in [1.29, 1.82) is 0 Å². The van der Waals surface area contributed by atoms with E-state index in [1.54, 1.807) is 0 Å². The summed E-state index contributed by atoms with van der Waals surface area (Å²) in [6.07, 6.45) is -3.08. The van der Waals surface area contributed by atoms with Crippen LogP contribution in [0.5, 0.6) is 5.75 Å². The first-order valence-corrected chi connectivity index (χ1v) is 9.83. The molecular weight excluding hydrogens is 362 g/mol. The highest BCUT2D eigenvalue weighted by Gasteiger charge is 2.49. The van der Waals surface area contributed by atoms with E-state index in [-0.39, 0.29) is 29.3 Å². The normalized spacial score (nSPS) is 22.6. The molecular formula is C16H19F4NO3S. The molecule has 2 aliphatic rings. The zero-order valence-electron chi connectivity index (χ0n) is 13.5. The van der Waals surface area contributed by atoms with Gasteiger partial charge < -0.3 is 4.74 Å². The SMILES string of the molecule is O=S1(=O)CC2(CCN(CCOc3ccc(C(F)(F)F)c(F)c3)CC2)C1. The third-order valence-electron chi connectivity index (χ3n) is 4.89. The third-order valence-corrected chi connectivity index (χ3v) is 7.00. The first kappa shape index (κ1) is 18.4. The Labute approximate surface area is 143 Å². The van der Waals surface area contributed by atoms with E-state index in [0.717, 1.165) is 38.1 Å². The van der Waals surface area contributed by atoms with E-state index in [9.17, 15) is 26.0 Å². The zero-order chi connectivity index (χ0) is 18.3. The van der Waals surface area contributed by atoms with Crippen LogP contribution < -0.4 is 4.74 Å². The molecule has 3 rings (SSSR count). The largest absolute Gasteiger partial charge is 0.492 e. The van der Waals surface area contributed by atoms with Gasteiger partial charge in [0.05, 0.1) is 17.1 Å². The summed E-state index contributed by atoms with van der Waals surface area (Å²) in [7, 11) is -2.84. The summed E-state index contributed by atoms with van der Waals surface area (Å²) in [5, 5.41) is 0. The Morgan fingerprint density at radius 2 is 1.80 bits per heavy atom. The van der Waals surface area contributed by atoms with E-state index in [0.29, 0.717) is 12.6 Å². The van der Waals surface area contributed by atoms with Crippen LogP contribution in [-0.4, -0.2) is 51.1 Å². The molecule has 0 bridgehead atoms. The third kappa shape index (κ3) is 4.25. The van der Waals surface area contributed by atoms with Gasteiger partial charge in [-0.05, 0) is 38.1 Å². The summed E-state index contributed by atoms with van der Waals surface area (Å²) in [4.78, 5) is 2.12. The van der Waals surface area contributed by atoms with E-state index in [4.69, 9.17) is 4.74 Å². The molecule has 0 aliphatic carbocycles. The second-order valence-corrected chi connectivity index (χ2v) is 8.93. The molecule has 1 aromatic carbocycles. The smallest absolute Gasteiger partial charge is 0.419 e. The number of halogens is 4. The number of benzene rings is 1. The number of hydrogen-bond acceptors (Lipinski definition) is 4. The Kier molecular flexibility index (Phi) is 4.74. The maximum Gasteiger partial charge on any atom is 0.419 e. The predicted molar refractivity (Wildman–Crippen MR) is 83.7 cm³/mol. The minimum Gasteiger partial charge on any atom is -0.492 e. The monoisotopic (exact) mass is 381 g/mol. The van der Waals surface area contributed by atoms with E-state index >= 15 is 0 Å². The van der Waals surface area contributed by atoms with Gasteiger partial charge in [0, 0.05) is 18.0 Å². The number of hydrogen-bond donors (Lipinski definition) is 0. The molecule has 1 spiro atoms. The van der Waals surface area contributed by atoms with Crippen LogP contribution in [0, 0.1) is 11.2 Å². The minimum atomic E-state index is -4.72. The first-order valence-electron chi connectivity index (χ1n) is 8.01. The number of alkyl halides is 3. The number of sulfone groups is 1.